The Hall–Kier alpha value is -2.71. The molecule has 4 rings (SSSR count). The zero-order valence-electron chi connectivity index (χ0n) is 13.5. The van der Waals surface area contributed by atoms with Crippen LogP contribution in [0.15, 0.2) is 36.0 Å². The molecule has 25 heavy (non-hydrogen) atoms. The van der Waals surface area contributed by atoms with Gasteiger partial charge in [-0.1, -0.05) is 17.4 Å². The van der Waals surface area contributed by atoms with Gasteiger partial charge in [0.2, 0.25) is 0 Å². The number of hydrogen-bond donors (Lipinski definition) is 1. The molecule has 0 spiro atoms. The van der Waals surface area contributed by atoms with E-state index in [0.717, 1.165) is 15.8 Å². The molecular weight excluding hydrogens is 354 g/mol. The highest BCUT2D eigenvalue weighted by atomic mass is 32.1. The molecule has 0 aliphatic rings. The van der Waals surface area contributed by atoms with Crippen molar-refractivity contribution in [2.24, 2.45) is 0 Å². The molecule has 0 saturated carbocycles. The molecule has 6 nitrogen and oxygen atoms in total. The molecule has 0 saturated heterocycles. The van der Waals surface area contributed by atoms with Gasteiger partial charge in [-0.05, 0) is 37.1 Å². The molecule has 0 atom stereocenters. The molecule has 0 radical (unpaired) electrons. The number of rotatable bonds is 3. The molecule has 4 aromatic rings. The maximum atomic E-state index is 12.4. The first-order chi connectivity index (χ1) is 12.1. The molecule has 0 unspecified atom stereocenters. The van der Waals surface area contributed by atoms with Gasteiger partial charge in [0.05, 0.1) is 10.2 Å². The highest BCUT2D eigenvalue weighted by molar-refractivity contribution is 7.22. The van der Waals surface area contributed by atoms with E-state index >= 15 is 0 Å². The first kappa shape index (κ1) is 15.8. The molecule has 124 valence electrons. The monoisotopic (exact) mass is 367 g/mol. The Labute approximate surface area is 151 Å². The SMILES string of the molecule is Cc1cc(C)c2nc(NC(=O)c3csc(-c4ncccn4)n3)sc2c1. The van der Waals surface area contributed by atoms with E-state index in [1.807, 2.05) is 13.8 Å². The Balaban J connectivity index is 1.58. The predicted octanol–water partition coefficient (Wildman–Crippen LogP) is 4.08. The third-order valence-corrected chi connectivity index (χ3v) is 5.30. The second-order valence-corrected chi connectivity index (χ2v) is 7.40. The van der Waals surface area contributed by atoms with Gasteiger partial charge < -0.3 is 0 Å². The minimum Gasteiger partial charge on any atom is -0.296 e. The first-order valence-electron chi connectivity index (χ1n) is 7.52. The summed E-state index contributed by atoms with van der Waals surface area (Å²) in [6, 6.07) is 5.89. The number of carbonyl (C=O) groups is 1. The molecule has 0 aliphatic heterocycles. The van der Waals surface area contributed by atoms with Crippen LogP contribution in [0.1, 0.15) is 21.6 Å². The zero-order chi connectivity index (χ0) is 17.4. The largest absolute Gasteiger partial charge is 0.296 e. The fraction of sp³-hybridized carbons (Fsp3) is 0.118. The van der Waals surface area contributed by atoms with E-state index in [2.05, 4.69) is 37.4 Å². The number of aryl methyl sites for hydroxylation is 2. The number of benzene rings is 1. The predicted molar refractivity (Wildman–Crippen MR) is 100 cm³/mol. The molecule has 3 heterocycles. The van der Waals surface area contributed by atoms with Crippen molar-refractivity contribution >= 4 is 43.9 Å². The van der Waals surface area contributed by atoms with Crippen molar-refractivity contribution in [2.45, 2.75) is 13.8 Å². The molecule has 0 aliphatic carbocycles. The fourth-order valence-electron chi connectivity index (χ4n) is 2.48. The van der Waals surface area contributed by atoms with E-state index in [1.54, 1.807) is 23.8 Å². The van der Waals surface area contributed by atoms with Crippen molar-refractivity contribution in [3.05, 3.63) is 52.8 Å². The number of nitrogens with zero attached hydrogens (tertiary/aromatic N) is 4. The van der Waals surface area contributed by atoms with Crippen molar-refractivity contribution in [1.82, 2.24) is 19.9 Å². The number of amides is 1. The van der Waals surface area contributed by atoms with Gasteiger partial charge in [-0.3, -0.25) is 10.1 Å². The topological polar surface area (TPSA) is 80.7 Å². The smallest absolute Gasteiger partial charge is 0.276 e. The molecule has 8 heteroatoms. The van der Waals surface area contributed by atoms with Crippen LogP contribution in [0.5, 0.6) is 0 Å². The lowest BCUT2D eigenvalue weighted by Crippen LogP contribution is -2.12. The Kier molecular flexibility index (Phi) is 3.98. The summed E-state index contributed by atoms with van der Waals surface area (Å²) in [5.74, 6) is 0.226. The number of anilines is 1. The number of fused-ring (bicyclic) bond motifs is 1. The van der Waals surface area contributed by atoms with Crippen LogP contribution in [0.3, 0.4) is 0 Å². The number of carbonyl (C=O) groups excluding carboxylic acids is 1. The van der Waals surface area contributed by atoms with Crippen LogP contribution in [0.4, 0.5) is 5.13 Å². The Morgan fingerprint density at radius 2 is 1.92 bits per heavy atom. The molecule has 1 N–H and O–H groups in total. The van der Waals surface area contributed by atoms with Crippen LogP contribution in [0.25, 0.3) is 21.0 Å². The van der Waals surface area contributed by atoms with Crippen LogP contribution in [0, 0.1) is 13.8 Å². The zero-order valence-corrected chi connectivity index (χ0v) is 15.1. The van der Waals surface area contributed by atoms with Gasteiger partial charge in [0.1, 0.15) is 5.69 Å². The third kappa shape index (κ3) is 3.13. The number of hydrogen-bond acceptors (Lipinski definition) is 7. The molecule has 0 fully saturated rings. The van der Waals surface area contributed by atoms with Gasteiger partial charge in [0.25, 0.3) is 5.91 Å². The second kappa shape index (κ2) is 6.30. The Morgan fingerprint density at radius 1 is 1.12 bits per heavy atom. The summed E-state index contributed by atoms with van der Waals surface area (Å²) in [6.45, 7) is 4.07. The van der Waals surface area contributed by atoms with Gasteiger partial charge in [0.15, 0.2) is 16.0 Å². The number of nitrogens with one attached hydrogen (secondary N) is 1. The minimum atomic E-state index is -0.285. The summed E-state index contributed by atoms with van der Waals surface area (Å²) in [5.41, 5.74) is 3.53. The van der Waals surface area contributed by atoms with Crippen molar-refractivity contribution in [2.75, 3.05) is 5.32 Å². The summed E-state index contributed by atoms with van der Waals surface area (Å²) >= 11 is 2.80. The van der Waals surface area contributed by atoms with Crippen molar-refractivity contribution in [1.29, 1.82) is 0 Å². The number of thiazole rings is 2. The van der Waals surface area contributed by atoms with Gasteiger partial charge in [0, 0.05) is 17.8 Å². The van der Waals surface area contributed by atoms with E-state index in [0.29, 0.717) is 21.7 Å². The van der Waals surface area contributed by atoms with Crippen molar-refractivity contribution in [3.63, 3.8) is 0 Å². The highest BCUT2D eigenvalue weighted by Crippen LogP contribution is 2.29. The summed E-state index contributed by atoms with van der Waals surface area (Å²) < 4.78 is 1.06. The summed E-state index contributed by atoms with van der Waals surface area (Å²) in [7, 11) is 0. The van der Waals surface area contributed by atoms with Crippen LogP contribution in [-0.2, 0) is 0 Å². The standard InChI is InChI=1S/C17H13N5OS2/c1-9-6-10(2)13-12(7-9)25-17(21-13)22-15(23)11-8-24-16(20-11)14-18-4-3-5-19-14/h3-8H,1-2H3,(H,21,22,23). The minimum absolute atomic E-state index is 0.285. The molecular formula is C17H13N5OS2. The Morgan fingerprint density at radius 3 is 2.72 bits per heavy atom. The lowest BCUT2D eigenvalue weighted by molar-refractivity contribution is 0.102. The van der Waals surface area contributed by atoms with E-state index < -0.39 is 0 Å². The average Bonchev–Trinajstić information content (AvgIpc) is 3.22. The first-order valence-corrected chi connectivity index (χ1v) is 9.22. The molecule has 1 aromatic carbocycles. The summed E-state index contributed by atoms with van der Waals surface area (Å²) in [6.07, 6.45) is 3.30. The Bertz CT molecular complexity index is 1070. The summed E-state index contributed by atoms with van der Waals surface area (Å²) in [4.78, 5) is 29.6. The van der Waals surface area contributed by atoms with Crippen LogP contribution < -0.4 is 5.32 Å². The van der Waals surface area contributed by atoms with E-state index in [1.165, 1.54) is 28.2 Å². The maximum Gasteiger partial charge on any atom is 0.276 e. The fourth-order valence-corrected chi connectivity index (χ4v) is 4.26. The van der Waals surface area contributed by atoms with E-state index in [9.17, 15) is 4.79 Å². The molecule has 3 aromatic heterocycles. The lowest BCUT2D eigenvalue weighted by Gasteiger charge is -1.97. The van der Waals surface area contributed by atoms with E-state index in [-0.39, 0.29) is 5.91 Å². The quantitative estimate of drug-likeness (QED) is 0.590. The summed E-state index contributed by atoms with van der Waals surface area (Å²) in [5, 5.41) is 5.71. The normalized spacial score (nSPS) is 11.0. The second-order valence-electron chi connectivity index (χ2n) is 5.51. The van der Waals surface area contributed by atoms with Gasteiger partial charge in [-0.25, -0.2) is 19.9 Å². The van der Waals surface area contributed by atoms with E-state index in [4.69, 9.17) is 0 Å². The lowest BCUT2D eigenvalue weighted by atomic mass is 10.1. The molecule has 0 bridgehead atoms. The number of aromatic nitrogens is 4. The molecule has 1 amide bonds. The van der Waals surface area contributed by atoms with Gasteiger partial charge in [-0.2, -0.15) is 0 Å². The average molecular weight is 367 g/mol. The van der Waals surface area contributed by atoms with Crippen molar-refractivity contribution < 1.29 is 4.79 Å². The van der Waals surface area contributed by atoms with Gasteiger partial charge >= 0.3 is 0 Å². The van der Waals surface area contributed by atoms with Crippen LogP contribution >= 0.6 is 22.7 Å². The van der Waals surface area contributed by atoms with Gasteiger partial charge in [-0.15, -0.1) is 11.3 Å². The highest BCUT2D eigenvalue weighted by Gasteiger charge is 2.15. The maximum absolute atomic E-state index is 12.4. The van der Waals surface area contributed by atoms with Crippen molar-refractivity contribution in [3.8, 4) is 10.8 Å². The van der Waals surface area contributed by atoms with Crippen LogP contribution in [0.2, 0.25) is 0 Å². The third-order valence-electron chi connectivity index (χ3n) is 3.54. The van der Waals surface area contributed by atoms with Crippen LogP contribution in [-0.4, -0.2) is 25.8 Å².